The summed E-state index contributed by atoms with van der Waals surface area (Å²) in [5.41, 5.74) is -1.20. The van der Waals surface area contributed by atoms with Gasteiger partial charge in [-0.05, 0) is 42.3 Å². The normalized spacial score (nSPS) is 14.8. The molecular formula is C26H27F5N2O3S. The van der Waals surface area contributed by atoms with Crippen LogP contribution < -0.4 is 0 Å². The Labute approximate surface area is 212 Å². The van der Waals surface area contributed by atoms with Crippen LogP contribution >= 0.6 is 0 Å². The van der Waals surface area contributed by atoms with E-state index in [1.54, 1.807) is 0 Å². The van der Waals surface area contributed by atoms with Crippen molar-refractivity contribution < 1.29 is 35.2 Å². The van der Waals surface area contributed by atoms with E-state index in [4.69, 9.17) is 0 Å². The summed E-state index contributed by atoms with van der Waals surface area (Å²) < 4.78 is 94.3. The molecule has 0 atom stereocenters. The number of nitrogens with zero attached hydrogens (tertiary/aromatic N) is 2. The molecule has 11 heteroatoms. The lowest BCUT2D eigenvalue weighted by Gasteiger charge is -2.15. The molecule has 0 aliphatic heterocycles. The summed E-state index contributed by atoms with van der Waals surface area (Å²) in [6.45, 7) is 10.4. The van der Waals surface area contributed by atoms with Crippen molar-refractivity contribution >= 4 is 32.8 Å². The van der Waals surface area contributed by atoms with Crippen molar-refractivity contribution in [3.05, 3.63) is 81.8 Å². The highest BCUT2D eigenvalue weighted by Gasteiger charge is 2.39. The van der Waals surface area contributed by atoms with Gasteiger partial charge in [0.05, 0.1) is 16.4 Å². The number of imidazole rings is 1. The Morgan fingerprint density at radius 1 is 1.16 bits per heavy atom. The number of carbonyl (C=O) groups excluding carboxylic acids is 1. The molecule has 2 aromatic rings. The topological polar surface area (TPSA) is 69.0 Å². The zero-order valence-corrected chi connectivity index (χ0v) is 21.8. The second-order valence-corrected chi connectivity index (χ2v) is 10.1. The van der Waals surface area contributed by atoms with Crippen molar-refractivity contribution in [2.45, 2.75) is 40.3 Å². The molecule has 1 heterocycles. The lowest BCUT2D eigenvalue weighted by molar-refractivity contribution is -0.0923. The van der Waals surface area contributed by atoms with E-state index in [-0.39, 0.29) is 44.6 Å². The summed E-state index contributed by atoms with van der Waals surface area (Å²) in [5.74, 6) is -2.95. The van der Waals surface area contributed by atoms with Crippen LogP contribution in [0.15, 0.2) is 47.4 Å². The first-order valence-corrected chi connectivity index (χ1v) is 13.0. The molecule has 5 nitrogen and oxygen atoms in total. The van der Waals surface area contributed by atoms with Crippen LogP contribution in [0.4, 0.5) is 22.0 Å². The number of carbonyl (C=O) groups is 1. The number of sulfone groups is 1. The standard InChI is InChI=1S/C24H21F5N2O3S.C2H6/c1-5-14(15-7-17(25)12-18(26)8-15)9-21(35(33,34)6-2)13(3)23-30-19-10-16(24(27,28)29)11-20(32)22(19)31(23)4;1-2/h5,7-10,12H,1,6,11H2,2-4H3;1-2H3/b14-9+,21-13-;. The Balaban J connectivity index is 0.00000235. The summed E-state index contributed by atoms with van der Waals surface area (Å²) in [6, 6.07) is 2.67. The van der Waals surface area contributed by atoms with Crippen LogP contribution in [-0.2, 0) is 16.9 Å². The third kappa shape index (κ3) is 6.33. The van der Waals surface area contributed by atoms with Gasteiger partial charge in [-0.2, -0.15) is 13.2 Å². The molecule has 200 valence electrons. The van der Waals surface area contributed by atoms with E-state index >= 15 is 0 Å². The van der Waals surface area contributed by atoms with Gasteiger partial charge in [0, 0.05) is 30.7 Å². The SMILES string of the molecule is C=C/C(=C\C(=C(/C)c1nc2c(n1C)C(=O)CC(C(F)(F)F)=C2)S(=O)(=O)CC)c1cc(F)cc(F)c1.CC. The van der Waals surface area contributed by atoms with E-state index in [0.717, 1.165) is 18.2 Å². The smallest absolute Gasteiger partial charge is 0.324 e. The average Bonchev–Trinajstić information content (AvgIpc) is 3.16. The van der Waals surface area contributed by atoms with Gasteiger partial charge in [0.25, 0.3) is 0 Å². The van der Waals surface area contributed by atoms with Crippen molar-refractivity contribution in [3.8, 4) is 0 Å². The lowest BCUT2D eigenvalue weighted by Crippen LogP contribution is -2.20. The van der Waals surface area contributed by atoms with E-state index in [1.807, 2.05) is 13.8 Å². The first-order chi connectivity index (χ1) is 17.2. The highest BCUT2D eigenvalue weighted by Crippen LogP contribution is 2.36. The fourth-order valence-electron chi connectivity index (χ4n) is 3.76. The van der Waals surface area contributed by atoms with Crippen molar-refractivity contribution in [1.29, 1.82) is 0 Å². The number of allylic oxidation sites excluding steroid dienone is 5. The van der Waals surface area contributed by atoms with Crippen molar-refractivity contribution in [2.24, 2.45) is 7.05 Å². The second-order valence-electron chi connectivity index (χ2n) is 7.85. The quantitative estimate of drug-likeness (QED) is 0.301. The number of fused-ring (bicyclic) bond motifs is 1. The maximum atomic E-state index is 13.8. The predicted octanol–water partition coefficient (Wildman–Crippen LogP) is 6.69. The fraction of sp³-hybridized carbons (Fsp3) is 0.308. The summed E-state index contributed by atoms with van der Waals surface area (Å²) in [4.78, 5) is 16.3. The maximum Gasteiger partial charge on any atom is 0.413 e. The third-order valence-corrected chi connectivity index (χ3v) is 7.39. The first kappa shape index (κ1) is 29.9. The minimum absolute atomic E-state index is 0.0289. The molecule has 0 radical (unpaired) electrons. The van der Waals surface area contributed by atoms with Gasteiger partial charge in [0.15, 0.2) is 15.6 Å². The van der Waals surface area contributed by atoms with E-state index in [2.05, 4.69) is 11.6 Å². The number of rotatable bonds is 6. The van der Waals surface area contributed by atoms with Crippen molar-refractivity contribution in [2.75, 3.05) is 5.75 Å². The molecule has 1 aliphatic rings. The largest absolute Gasteiger partial charge is 0.413 e. The third-order valence-electron chi connectivity index (χ3n) is 5.53. The molecule has 0 bridgehead atoms. The second kappa shape index (κ2) is 11.4. The molecule has 1 aromatic heterocycles. The Kier molecular flexibility index (Phi) is 9.18. The number of halogens is 5. The summed E-state index contributed by atoms with van der Waals surface area (Å²) >= 11 is 0. The monoisotopic (exact) mass is 542 g/mol. The fourth-order valence-corrected chi connectivity index (χ4v) is 4.93. The number of ketones is 1. The zero-order valence-electron chi connectivity index (χ0n) is 21.0. The highest BCUT2D eigenvalue weighted by molar-refractivity contribution is 7.95. The first-order valence-electron chi connectivity index (χ1n) is 11.3. The minimum atomic E-state index is -4.71. The van der Waals surface area contributed by atoms with Crippen LogP contribution in [0.2, 0.25) is 0 Å². The van der Waals surface area contributed by atoms with Gasteiger partial charge >= 0.3 is 6.18 Å². The molecule has 3 rings (SSSR count). The number of aromatic nitrogens is 2. The van der Waals surface area contributed by atoms with Gasteiger partial charge < -0.3 is 4.57 Å². The van der Waals surface area contributed by atoms with Crippen LogP contribution in [0.25, 0.3) is 17.2 Å². The highest BCUT2D eigenvalue weighted by atomic mass is 32.2. The van der Waals surface area contributed by atoms with Crippen LogP contribution in [0.3, 0.4) is 0 Å². The zero-order chi connectivity index (χ0) is 28.3. The van der Waals surface area contributed by atoms with E-state index in [1.165, 1.54) is 37.6 Å². The van der Waals surface area contributed by atoms with Gasteiger partial charge in [-0.1, -0.05) is 33.4 Å². The van der Waals surface area contributed by atoms with Crippen LogP contribution in [-0.4, -0.2) is 35.7 Å². The van der Waals surface area contributed by atoms with Crippen molar-refractivity contribution in [3.63, 3.8) is 0 Å². The van der Waals surface area contributed by atoms with Gasteiger partial charge in [0.1, 0.15) is 23.2 Å². The number of alkyl halides is 3. The van der Waals surface area contributed by atoms with E-state index in [0.29, 0.717) is 6.07 Å². The summed E-state index contributed by atoms with van der Waals surface area (Å²) in [5, 5.41) is 0. The molecule has 0 fully saturated rings. The summed E-state index contributed by atoms with van der Waals surface area (Å²) in [6.07, 6.45) is -2.42. The number of Topliss-reactive ketones (excluding diaryl/α,β-unsaturated/α-hetero) is 1. The molecule has 1 aliphatic carbocycles. The number of benzene rings is 1. The summed E-state index contributed by atoms with van der Waals surface area (Å²) in [7, 11) is -2.58. The molecule has 0 unspecified atom stereocenters. The van der Waals surface area contributed by atoms with Gasteiger partial charge in [-0.3, -0.25) is 4.79 Å². The Morgan fingerprint density at radius 2 is 1.73 bits per heavy atom. The lowest BCUT2D eigenvalue weighted by atomic mass is 9.98. The van der Waals surface area contributed by atoms with Gasteiger partial charge in [0.2, 0.25) is 0 Å². The molecule has 0 saturated carbocycles. The number of hydrogen-bond acceptors (Lipinski definition) is 4. The van der Waals surface area contributed by atoms with Gasteiger partial charge in [-0.25, -0.2) is 22.2 Å². The maximum absolute atomic E-state index is 13.8. The average molecular weight is 543 g/mol. The Hall–Kier alpha value is -3.34. The van der Waals surface area contributed by atoms with Crippen molar-refractivity contribution in [1.82, 2.24) is 9.55 Å². The molecule has 0 N–H and O–H groups in total. The molecule has 37 heavy (non-hydrogen) atoms. The molecule has 0 spiro atoms. The van der Waals surface area contributed by atoms with Crippen LogP contribution in [0.1, 0.15) is 61.7 Å². The Bertz CT molecular complexity index is 1410. The van der Waals surface area contributed by atoms with Gasteiger partial charge in [-0.15, -0.1) is 0 Å². The molecule has 0 amide bonds. The predicted molar refractivity (Wildman–Crippen MR) is 134 cm³/mol. The van der Waals surface area contributed by atoms with E-state index < -0.39 is 45.4 Å². The molecule has 1 aromatic carbocycles. The van der Waals surface area contributed by atoms with Crippen LogP contribution in [0.5, 0.6) is 0 Å². The molecule has 0 saturated heterocycles. The van der Waals surface area contributed by atoms with E-state index in [9.17, 15) is 35.2 Å². The Morgan fingerprint density at radius 3 is 2.22 bits per heavy atom. The number of hydrogen-bond donors (Lipinski definition) is 0. The minimum Gasteiger partial charge on any atom is -0.324 e. The van der Waals surface area contributed by atoms with Crippen LogP contribution in [0, 0.1) is 11.6 Å². The molecular weight excluding hydrogens is 515 g/mol.